The molecular formula is C22H23N3O5. The van der Waals surface area contributed by atoms with Crippen molar-refractivity contribution in [2.45, 2.75) is 20.0 Å². The molecule has 0 bridgehead atoms. The van der Waals surface area contributed by atoms with Gasteiger partial charge < -0.3 is 14.5 Å². The minimum atomic E-state index is -0.506. The zero-order valence-corrected chi connectivity index (χ0v) is 16.9. The van der Waals surface area contributed by atoms with Gasteiger partial charge in [0.2, 0.25) is 0 Å². The van der Waals surface area contributed by atoms with E-state index in [1.807, 2.05) is 35.2 Å². The SMILES string of the molecule is CCOC(=O)CN(Cc1ccccc1)Cc1nc2cc(C(=O)OC)ccc2c(=O)[nH]1. The molecule has 8 heteroatoms. The highest BCUT2D eigenvalue weighted by Crippen LogP contribution is 2.13. The summed E-state index contributed by atoms with van der Waals surface area (Å²) in [7, 11) is 1.29. The van der Waals surface area contributed by atoms with Crippen molar-refractivity contribution in [2.75, 3.05) is 20.3 Å². The maximum Gasteiger partial charge on any atom is 0.337 e. The van der Waals surface area contributed by atoms with E-state index in [0.717, 1.165) is 5.56 Å². The lowest BCUT2D eigenvalue weighted by Crippen LogP contribution is -2.31. The van der Waals surface area contributed by atoms with Crippen molar-refractivity contribution in [3.63, 3.8) is 0 Å². The summed E-state index contributed by atoms with van der Waals surface area (Å²) in [5.74, 6) is -0.479. The number of nitrogens with one attached hydrogen (secondary N) is 1. The highest BCUT2D eigenvalue weighted by atomic mass is 16.5. The monoisotopic (exact) mass is 409 g/mol. The van der Waals surface area contributed by atoms with Gasteiger partial charge in [-0.05, 0) is 30.7 Å². The number of esters is 2. The summed E-state index contributed by atoms with van der Waals surface area (Å²) < 4.78 is 9.80. The Morgan fingerprint density at radius 1 is 1.10 bits per heavy atom. The number of fused-ring (bicyclic) bond motifs is 1. The number of carbonyl (C=O) groups is 2. The van der Waals surface area contributed by atoms with Gasteiger partial charge in [-0.1, -0.05) is 30.3 Å². The largest absolute Gasteiger partial charge is 0.465 e. The Morgan fingerprint density at radius 3 is 2.57 bits per heavy atom. The summed E-state index contributed by atoms with van der Waals surface area (Å²) in [5.41, 5.74) is 1.38. The molecule has 0 saturated carbocycles. The van der Waals surface area contributed by atoms with Crippen molar-refractivity contribution in [1.82, 2.24) is 14.9 Å². The van der Waals surface area contributed by atoms with Gasteiger partial charge in [-0.3, -0.25) is 14.5 Å². The Kier molecular flexibility index (Phi) is 6.92. The number of H-pyrrole nitrogens is 1. The molecule has 0 amide bonds. The van der Waals surface area contributed by atoms with Crippen LogP contribution < -0.4 is 5.56 Å². The summed E-state index contributed by atoms with van der Waals surface area (Å²) in [6, 6.07) is 14.2. The normalized spacial score (nSPS) is 10.9. The van der Waals surface area contributed by atoms with Gasteiger partial charge in [-0.25, -0.2) is 9.78 Å². The van der Waals surface area contributed by atoms with Crippen LogP contribution in [-0.4, -0.2) is 47.1 Å². The van der Waals surface area contributed by atoms with E-state index in [1.54, 1.807) is 6.92 Å². The van der Waals surface area contributed by atoms with Crippen LogP contribution in [-0.2, 0) is 27.4 Å². The fourth-order valence-electron chi connectivity index (χ4n) is 3.12. The van der Waals surface area contributed by atoms with E-state index in [9.17, 15) is 14.4 Å². The number of hydrogen-bond acceptors (Lipinski definition) is 7. The first kappa shape index (κ1) is 21.2. The van der Waals surface area contributed by atoms with Crippen molar-refractivity contribution in [2.24, 2.45) is 0 Å². The van der Waals surface area contributed by atoms with Gasteiger partial charge in [0.15, 0.2) is 0 Å². The lowest BCUT2D eigenvalue weighted by atomic mass is 10.1. The maximum atomic E-state index is 12.5. The van der Waals surface area contributed by atoms with E-state index in [1.165, 1.54) is 25.3 Å². The van der Waals surface area contributed by atoms with Crippen LogP contribution >= 0.6 is 0 Å². The number of aromatic amines is 1. The number of rotatable bonds is 8. The summed E-state index contributed by atoms with van der Waals surface area (Å²) in [4.78, 5) is 45.4. The Bertz CT molecular complexity index is 1090. The summed E-state index contributed by atoms with van der Waals surface area (Å²) in [6.07, 6.45) is 0. The maximum absolute atomic E-state index is 12.5. The summed E-state index contributed by atoms with van der Waals surface area (Å²) >= 11 is 0. The predicted molar refractivity (Wildman–Crippen MR) is 111 cm³/mol. The molecule has 0 atom stereocenters. The van der Waals surface area contributed by atoms with Crippen LogP contribution in [0.25, 0.3) is 10.9 Å². The smallest absolute Gasteiger partial charge is 0.337 e. The third-order valence-electron chi connectivity index (χ3n) is 4.46. The van der Waals surface area contributed by atoms with Crippen LogP contribution in [0.15, 0.2) is 53.3 Å². The molecule has 0 spiro atoms. The first-order chi connectivity index (χ1) is 14.5. The van der Waals surface area contributed by atoms with Crippen molar-refractivity contribution in [3.8, 4) is 0 Å². The van der Waals surface area contributed by atoms with Crippen molar-refractivity contribution in [3.05, 3.63) is 75.8 Å². The average molecular weight is 409 g/mol. The third kappa shape index (κ3) is 5.30. The molecule has 0 radical (unpaired) electrons. The molecule has 1 N–H and O–H groups in total. The van der Waals surface area contributed by atoms with Gasteiger partial charge in [0, 0.05) is 6.54 Å². The molecule has 2 aromatic carbocycles. The Labute approximate surface area is 173 Å². The number of nitrogens with zero attached hydrogens (tertiary/aromatic N) is 2. The van der Waals surface area contributed by atoms with Gasteiger partial charge in [-0.15, -0.1) is 0 Å². The van der Waals surface area contributed by atoms with Crippen LogP contribution in [0.3, 0.4) is 0 Å². The predicted octanol–water partition coefficient (Wildman–Crippen LogP) is 2.27. The highest BCUT2D eigenvalue weighted by molar-refractivity contribution is 5.93. The van der Waals surface area contributed by atoms with Crippen LogP contribution in [0.4, 0.5) is 0 Å². The zero-order valence-electron chi connectivity index (χ0n) is 16.9. The minimum Gasteiger partial charge on any atom is -0.465 e. The molecular weight excluding hydrogens is 386 g/mol. The second-order valence-electron chi connectivity index (χ2n) is 6.67. The van der Waals surface area contributed by atoms with E-state index in [4.69, 9.17) is 9.47 Å². The lowest BCUT2D eigenvalue weighted by Gasteiger charge is -2.21. The average Bonchev–Trinajstić information content (AvgIpc) is 2.73. The number of aromatic nitrogens is 2. The Hall–Kier alpha value is -3.52. The van der Waals surface area contributed by atoms with E-state index >= 15 is 0 Å². The molecule has 3 aromatic rings. The standard InChI is InChI=1S/C22H23N3O5/c1-3-30-20(26)14-25(12-15-7-5-4-6-8-15)13-19-23-18-11-16(22(28)29-2)9-10-17(18)21(27)24-19/h4-11H,3,12-14H2,1-2H3,(H,23,24,27). The molecule has 1 aromatic heterocycles. The quantitative estimate of drug-likeness (QED) is 0.570. The molecule has 3 rings (SSSR count). The Morgan fingerprint density at radius 2 is 1.87 bits per heavy atom. The molecule has 0 aliphatic carbocycles. The van der Waals surface area contributed by atoms with Crippen molar-refractivity contribution < 1.29 is 19.1 Å². The van der Waals surface area contributed by atoms with Crippen LogP contribution in [0.5, 0.6) is 0 Å². The molecule has 0 saturated heterocycles. The second kappa shape index (κ2) is 9.80. The van der Waals surface area contributed by atoms with Gasteiger partial charge in [0.25, 0.3) is 5.56 Å². The molecule has 8 nitrogen and oxygen atoms in total. The van der Waals surface area contributed by atoms with Gasteiger partial charge >= 0.3 is 11.9 Å². The Balaban J connectivity index is 1.90. The minimum absolute atomic E-state index is 0.0483. The van der Waals surface area contributed by atoms with E-state index in [0.29, 0.717) is 35.4 Å². The number of benzene rings is 2. The van der Waals surface area contributed by atoms with E-state index < -0.39 is 5.97 Å². The molecule has 0 unspecified atom stereocenters. The fourth-order valence-corrected chi connectivity index (χ4v) is 3.12. The summed E-state index contributed by atoms with van der Waals surface area (Å²) in [5, 5.41) is 0.367. The first-order valence-electron chi connectivity index (χ1n) is 9.53. The van der Waals surface area contributed by atoms with E-state index in [-0.39, 0.29) is 24.6 Å². The topological polar surface area (TPSA) is 102 Å². The zero-order chi connectivity index (χ0) is 21.5. The van der Waals surface area contributed by atoms with Gasteiger partial charge in [0.1, 0.15) is 5.82 Å². The molecule has 0 aliphatic rings. The molecule has 0 aliphatic heterocycles. The van der Waals surface area contributed by atoms with Crippen molar-refractivity contribution in [1.29, 1.82) is 0 Å². The fraction of sp³-hybridized carbons (Fsp3) is 0.273. The van der Waals surface area contributed by atoms with Crippen LogP contribution in [0.2, 0.25) is 0 Å². The molecule has 0 fully saturated rings. The molecule has 30 heavy (non-hydrogen) atoms. The second-order valence-corrected chi connectivity index (χ2v) is 6.67. The number of methoxy groups -OCH3 is 1. The highest BCUT2D eigenvalue weighted by Gasteiger charge is 2.16. The van der Waals surface area contributed by atoms with E-state index in [2.05, 4.69) is 9.97 Å². The summed E-state index contributed by atoms with van der Waals surface area (Å²) in [6.45, 7) is 2.79. The third-order valence-corrected chi connectivity index (χ3v) is 4.46. The number of hydrogen-bond donors (Lipinski definition) is 1. The van der Waals surface area contributed by atoms with Gasteiger partial charge in [0.05, 0.1) is 43.3 Å². The first-order valence-corrected chi connectivity index (χ1v) is 9.53. The van der Waals surface area contributed by atoms with Crippen LogP contribution in [0.1, 0.15) is 28.7 Å². The van der Waals surface area contributed by atoms with Crippen molar-refractivity contribution >= 4 is 22.8 Å². The van der Waals surface area contributed by atoms with Gasteiger partial charge in [-0.2, -0.15) is 0 Å². The molecule has 1 heterocycles. The molecule has 156 valence electrons. The number of ether oxygens (including phenoxy) is 2. The lowest BCUT2D eigenvalue weighted by molar-refractivity contribution is -0.144. The van der Waals surface area contributed by atoms with Crippen LogP contribution in [0, 0.1) is 0 Å². The number of carbonyl (C=O) groups excluding carboxylic acids is 2.